The quantitative estimate of drug-likeness (QED) is 0.587. The molecule has 0 spiro atoms. The fourth-order valence-electron chi connectivity index (χ4n) is 1.77. The summed E-state index contributed by atoms with van der Waals surface area (Å²) in [5, 5.41) is 16.4. The van der Waals surface area contributed by atoms with Gasteiger partial charge in [-0.1, -0.05) is 6.92 Å². The maximum absolute atomic E-state index is 12.1. The zero-order valence-corrected chi connectivity index (χ0v) is 11.8. The Morgan fingerprint density at radius 3 is 2.70 bits per heavy atom. The number of carbonyl (C=O) groups is 1. The van der Waals surface area contributed by atoms with Crippen molar-refractivity contribution in [2.45, 2.75) is 19.4 Å². The molecule has 0 saturated heterocycles. The largest absolute Gasteiger partial charge is 0.383 e. The van der Waals surface area contributed by atoms with Crippen molar-refractivity contribution in [2.75, 3.05) is 26.1 Å². The molecule has 0 fully saturated rings. The highest BCUT2D eigenvalue weighted by molar-refractivity contribution is 5.96. The molecule has 0 radical (unpaired) electrons. The summed E-state index contributed by atoms with van der Waals surface area (Å²) >= 11 is 0. The highest BCUT2D eigenvalue weighted by Gasteiger charge is 2.17. The van der Waals surface area contributed by atoms with Crippen LogP contribution < -0.4 is 10.6 Å². The van der Waals surface area contributed by atoms with Gasteiger partial charge in [0, 0.05) is 25.8 Å². The van der Waals surface area contributed by atoms with E-state index in [1.165, 1.54) is 18.2 Å². The van der Waals surface area contributed by atoms with Gasteiger partial charge in [-0.2, -0.15) is 0 Å². The Morgan fingerprint density at radius 2 is 2.20 bits per heavy atom. The molecule has 110 valence electrons. The number of rotatable bonds is 7. The first-order valence-electron chi connectivity index (χ1n) is 6.29. The van der Waals surface area contributed by atoms with Crippen molar-refractivity contribution in [2.24, 2.45) is 0 Å². The number of nitrogens with zero attached hydrogens (tertiary/aromatic N) is 1. The zero-order chi connectivity index (χ0) is 15.1. The molecule has 1 amide bonds. The number of hydrogen-bond donors (Lipinski definition) is 2. The van der Waals surface area contributed by atoms with E-state index >= 15 is 0 Å². The molecule has 0 aliphatic heterocycles. The van der Waals surface area contributed by atoms with E-state index in [-0.39, 0.29) is 17.6 Å². The van der Waals surface area contributed by atoms with Crippen molar-refractivity contribution in [3.8, 4) is 0 Å². The van der Waals surface area contributed by atoms with Crippen LogP contribution in [-0.2, 0) is 4.74 Å². The minimum Gasteiger partial charge on any atom is -0.383 e. The fraction of sp³-hybridized carbons (Fsp3) is 0.462. The van der Waals surface area contributed by atoms with Crippen LogP contribution in [0.5, 0.6) is 0 Å². The molecule has 1 aromatic rings. The predicted molar refractivity (Wildman–Crippen MR) is 76.1 cm³/mol. The predicted octanol–water partition coefficient (Wildman–Crippen LogP) is 1.79. The van der Waals surface area contributed by atoms with Crippen LogP contribution in [0.15, 0.2) is 18.2 Å². The molecule has 20 heavy (non-hydrogen) atoms. The van der Waals surface area contributed by atoms with Gasteiger partial charge in [0.15, 0.2) is 0 Å². The number of nitro benzene ring substituents is 1. The van der Waals surface area contributed by atoms with Crippen molar-refractivity contribution in [3.63, 3.8) is 0 Å². The number of methoxy groups -OCH3 is 1. The SMILES string of the molecule is CCC(COC)NC(=O)c1ccc([N+](=O)[O-])c(NC)c1. The first-order chi connectivity index (χ1) is 9.53. The summed E-state index contributed by atoms with van der Waals surface area (Å²) in [6.07, 6.45) is 0.742. The Morgan fingerprint density at radius 1 is 1.50 bits per heavy atom. The van der Waals surface area contributed by atoms with E-state index in [0.29, 0.717) is 17.9 Å². The lowest BCUT2D eigenvalue weighted by atomic mass is 10.1. The van der Waals surface area contributed by atoms with Crippen LogP contribution >= 0.6 is 0 Å². The van der Waals surface area contributed by atoms with Gasteiger partial charge < -0.3 is 15.4 Å². The van der Waals surface area contributed by atoms with E-state index in [4.69, 9.17) is 4.74 Å². The van der Waals surface area contributed by atoms with Crippen LogP contribution in [0.1, 0.15) is 23.7 Å². The van der Waals surface area contributed by atoms with Gasteiger partial charge in [-0.15, -0.1) is 0 Å². The van der Waals surface area contributed by atoms with Crippen LogP contribution in [0.3, 0.4) is 0 Å². The number of amides is 1. The average molecular weight is 281 g/mol. The molecule has 1 rings (SSSR count). The van der Waals surface area contributed by atoms with Gasteiger partial charge in [0.1, 0.15) is 5.69 Å². The first-order valence-corrected chi connectivity index (χ1v) is 6.29. The number of carbonyl (C=O) groups excluding carboxylic acids is 1. The average Bonchev–Trinajstić information content (AvgIpc) is 2.45. The molecule has 0 heterocycles. The van der Waals surface area contributed by atoms with Crippen molar-refractivity contribution >= 4 is 17.3 Å². The molecule has 1 atom stereocenters. The third-order valence-electron chi connectivity index (χ3n) is 2.92. The van der Waals surface area contributed by atoms with Gasteiger partial charge in [-0.25, -0.2) is 0 Å². The van der Waals surface area contributed by atoms with Crippen LogP contribution in [0.2, 0.25) is 0 Å². The molecule has 0 aliphatic rings. The molecule has 1 aromatic carbocycles. The smallest absolute Gasteiger partial charge is 0.292 e. The summed E-state index contributed by atoms with van der Waals surface area (Å²) in [5.74, 6) is -0.278. The summed E-state index contributed by atoms with van der Waals surface area (Å²) in [6, 6.07) is 4.14. The van der Waals surface area contributed by atoms with E-state index < -0.39 is 4.92 Å². The second-order valence-electron chi connectivity index (χ2n) is 4.27. The van der Waals surface area contributed by atoms with Gasteiger partial charge in [-0.3, -0.25) is 14.9 Å². The van der Waals surface area contributed by atoms with Crippen molar-refractivity contribution < 1.29 is 14.5 Å². The molecule has 7 heteroatoms. The second-order valence-corrected chi connectivity index (χ2v) is 4.27. The fourth-order valence-corrected chi connectivity index (χ4v) is 1.77. The van der Waals surface area contributed by atoms with E-state index in [1.54, 1.807) is 14.2 Å². The lowest BCUT2D eigenvalue weighted by Crippen LogP contribution is -2.37. The molecule has 1 unspecified atom stereocenters. The minimum absolute atomic E-state index is 0.0621. The monoisotopic (exact) mass is 281 g/mol. The van der Waals surface area contributed by atoms with E-state index in [1.807, 2.05) is 6.92 Å². The van der Waals surface area contributed by atoms with Crippen LogP contribution in [-0.4, -0.2) is 37.6 Å². The number of benzene rings is 1. The Hall–Kier alpha value is -2.15. The standard InChI is InChI=1S/C13H19N3O4/c1-4-10(8-20-3)15-13(17)9-5-6-12(16(18)19)11(7-9)14-2/h5-7,10,14H,4,8H2,1-3H3,(H,15,17). The van der Waals surface area contributed by atoms with Gasteiger partial charge in [0.25, 0.3) is 11.6 Å². The number of hydrogen-bond acceptors (Lipinski definition) is 5. The van der Waals surface area contributed by atoms with Crippen LogP contribution in [0, 0.1) is 10.1 Å². The van der Waals surface area contributed by atoms with Crippen molar-refractivity contribution in [3.05, 3.63) is 33.9 Å². The van der Waals surface area contributed by atoms with Crippen molar-refractivity contribution in [1.29, 1.82) is 0 Å². The maximum Gasteiger partial charge on any atom is 0.292 e. The normalized spacial score (nSPS) is 11.8. The van der Waals surface area contributed by atoms with E-state index in [2.05, 4.69) is 10.6 Å². The van der Waals surface area contributed by atoms with Gasteiger partial charge in [0.05, 0.1) is 17.6 Å². The maximum atomic E-state index is 12.1. The Kier molecular flexibility index (Phi) is 5.92. The molecular formula is C13H19N3O4. The number of nitrogens with one attached hydrogen (secondary N) is 2. The number of ether oxygens (including phenoxy) is 1. The minimum atomic E-state index is -0.493. The third-order valence-corrected chi connectivity index (χ3v) is 2.92. The summed E-state index contributed by atoms with van der Waals surface area (Å²) in [6.45, 7) is 2.37. The van der Waals surface area contributed by atoms with E-state index in [0.717, 1.165) is 6.42 Å². The molecule has 0 saturated carbocycles. The Labute approximate surface area is 117 Å². The summed E-state index contributed by atoms with van der Waals surface area (Å²) in [4.78, 5) is 22.4. The summed E-state index contributed by atoms with van der Waals surface area (Å²) in [7, 11) is 3.14. The number of nitro groups is 1. The molecular weight excluding hydrogens is 262 g/mol. The Balaban J connectivity index is 2.91. The molecule has 0 bridgehead atoms. The lowest BCUT2D eigenvalue weighted by molar-refractivity contribution is -0.383. The van der Waals surface area contributed by atoms with Gasteiger partial charge >= 0.3 is 0 Å². The molecule has 7 nitrogen and oxygen atoms in total. The van der Waals surface area contributed by atoms with Crippen molar-refractivity contribution in [1.82, 2.24) is 5.32 Å². The Bertz CT molecular complexity index is 491. The third kappa shape index (κ3) is 3.92. The lowest BCUT2D eigenvalue weighted by Gasteiger charge is -2.16. The van der Waals surface area contributed by atoms with Gasteiger partial charge in [-0.05, 0) is 18.6 Å². The summed E-state index contributed by atoms with van der Waals surface area (Å²) in [5.41, 5.74) is 0.616. The zero-order valence-electron chi connectivity index (χ0n) is 11.8. The van der Waals surface area contributed by atoms with Gasteiger partial charge in [0.2, 0.25) is 0 Å². The number of anilines is 1. The highest BCUT2D eigenvalue weighted by Crippen LogP contribution is 2.24. The van der Waals surface area contributed by atoms with Crippen LogP contribution in [0.4, 0.5) is 11.4 Å². The molecule has 2 N–H and O–H groups in total. The first kappa shape index (κ1) is 15.9. The molecule has 0 aromatic heterocycles. The molecule has 0 aliphatic carbocycles. The van der Waals surface area contributed by atoms with Crippen LogP contribution in [0.25, 0.3) is 0 Å². The highest BCUT2D eigenvalue weighted by atomic mass is 16.6. The topological polar surface area (TPSA) is 93.5 Å². The second kappa shape index (κ2) is 7.44. The van der Waals surface area contributed by atoms with E-state index in [9.17, 15) is 14.9 Å². The summed E-state index contributed by atoms with van der Waals surface area (Å²) < 4.78 is 5.01.